The van der Waals surface area contributed by atoms with E-state index < -0.39 is 5.69 Å². The van der Waals surface area contributed by atoms with Crippen molar-refractivity contribution >= 4 is 34.4 Å². The summed E-state index contributed by atoms with van der Waals surface area (Å²) in [6.07, 6.45) is 5.36. The highest BCUT2D eigenvalue weighted by atomic mass is 35.5. The van der Waals surface area contributed by atoms with Gasteiger partial charge < -0.3 is 0 Å². The zero-order valence-electron chi connectivity index (χ0n) is 12.9. The number of thioether (sulfide) groups is 1. The van der Waals surface area contributed by atoms with Gasteiger partial charge in [-0.3, -0.25) is 4.98 Å². The average molecular weight is 347 g/mol. The van der Waals surface area contributed by atoms with Gasteiger partial charge in [0.15, 0.2) is 5.65 Å². The van der Waals surface area contributed by atoms with E-state index in [1.54, 1.807) is 36.3 Å². The SMILES string of the molecule is CSc1ccnc(C(C)C)c1-n1c(=O)nc(Cl)c2cccnc21. The van der Waals surface area contributed by atoms with Crippen molar-refractivity contribution in [2.75, 3.05) is 6.26 Å². The van der Waals surface area contributed by atoms with E-state index in [0.29, 0.717) is 11.0 Å². The van der Waals surface area contributed by atoms with Crippen molar-refractivity contribution < 1.29 is 0 Å². The third-order valence-electron chi connectivity index (χ3n) is 3.51. The molecule has 0 spiro atoms. The molecule has 0 saturated carbocycles. The van der Waals surface area contributed by atoms with E-state index in [2.05, 4.69) is 15.0 Å². The predicted octanol–water partition coefficient (Wildman–Crippen LogP) is 3.67. The van der Waals surface area contributed by atoms with E-state index in [0.717, 1.165) is 16.3 Å². The Morgan fingerprint density at radius 1 is 1.22 bits per heavy atom. The number of hydrogen-bond acceptors (Lipinski definition) is 5. The molecule has 0 unspecified atom stereocenters. The number of halogens is 1. The number of pyridine rings is 2. The molecule has 118 valence electrons. The van der Waals surface area contributed by atoms with E-state index in [-0.39, 0.29) is 11.1 Å². The molecule has 7 heteroatoms. The van der Waals surface area contributed by atoms with Gasteiger partial charge in [0.1, 0.15) is 5.15 Å². The van der Waals surface area contributed by atoms with Crippen LogP contribution in [0.15, 0.2) is 40.3 Å². The van der Waals surface area contributed by atoms with E-state index in [9.17, 15) is 4.79 Å². The first-order valence-corrected chi connectivity index (χ1v) is 8.71. The normalized spacial score (nSPS) is 11.3. The highest BCUT2D eigenvalue weighted by molar-refractivity contribution is 7.98. The smallest absolute Gasteiger partial charge is 0.259 e. The molecule has 0 aliphatic rings. The molecule has 0 N–H and O–H groups in total. The summed E-state index contributed by atoms with van der Waals surface area (Å²) >= 11 is 7.67. The van der Waals surface area contributed by atoms with Gasteiger partial charge >= 0.3 is 5.69 Å². The van der Waals surface area contributed by atoms with Gasteiger partial charge in [-0.05, 0) is 30.4 Å². The number of nitrogens with zero attached hydrogens (tertiary/aromatic N) is 4. The summed E-state index contributed by atoms with van der Waals surface area (Å²) < 4.78 is 1.51. The van der Waals surface area contributed by atoms with Gasteiger partial charge in [0.2, 0.25) is 0 Å². The Labute approximate surface area is 142 Å². The summed E-state index contributed by atoms with van der Waals surface area (Å²) in [7, 11) is 0. The molecule has 0 aliphatic carbocycles. The number of fused-ring (bicyclic) bond motifs is 1. The Morgan fingerprint density at radius 2 is 2.00 bits per heavy atom. The van der Waals surface area contributed by atoms with Crippen LogP contribution in [0.5, 0.6) is 0 Å². The lowest BCUT2D eigenvalue weighted by atomic mass is 10.1. The summed E-state index contributed by atoms with van der Waals surface area (Å²) in [4.78, 5) is 26.3. The van der Waals surface area contributed by atoms with E-state index in [4.69, 9.17) is 11.6 Å². The van der Waals surface area contributed by atoms with Gasteiger partial charge in [-0.1, -0.05) is 25.4 Å². The largest absolute Gasteiger partial charge is 0.355 e. The van der Waals surface area contributed by atoms with Crippen LogP contribution in [0.3, 0.4) is 0 Å². The minimum absolute atomic E-state index is 0.151. The van der Waals surface area contributed by atoms with Gasteiger partial charge in [0.25, 0.3) is 0 Å². The van der Waals surface area contributed by atoms with Gasteiger partial charge in [0, 0.05) is 17.3 Å². The molecule has 3 aromatic rings. The molecular weight excluding hydrogens is 332 g/mol. The standard InChI is InChI=1S/C16H15ClN4OS/c1-9(2)12-13(11(23-3)6-8-18-12)21-15-10(5-4-7-19-15)14(17)20-16(21)22/h4-9H,1-3H3. The van der Waals surface area contributed by atoms with Crippen molar-refractivity contribution in [2.45, 2.75) is 24.7 Å². The van der Waals surface area contributed by atoms with Crippen molar-refractivity contribution in [1.82, 2.24) is 19.5 Å². The van der Waals surface area contributed by atoms with Crippen molar-refractivity contribution in [3.63, 3.8) is 0 Å². The molecule has 0 saturated heterocycles. The summed E-state index contributed by atoms with van der Waals surface area (Å²) in [6, 6.07) is 5.46. The average Bonchev–Trinajstić information content (AvgIpc) is 2.54. The Morgan fingerprint density at radius 3 is 2.70 bits per heavy atom. The minimum atomic E-state index is -0.452. The van der Waals surface area contributed by atoms with Crippen LogP contribution >= 0.6 is 23.4 Å². The third-order valence-corrected chi connectivity index (χ3v) is 4.57. The van der Waals surface area contributed by atoms with Crippen molar-refractivity contribution in [3.05, 3.63) is 51.9 Å². The summed E-state index contributed by atoms with van der Waals surface area (Å²) in [5, 5.41) is 0.800. The Bertz CT molecular complexity index is 939. The second-order valence-electron chi connectivity index (χ2n) is 5.30. The lowest BCUT2D eigenvalue weighted by Gasteiger charge is -2.17. The number of hydrogen-bond donors (Lipinski definition) is 0. The molecule has 3 heterocycles. The topological polar surface area (TPSA) is 60.7 Å². The molecule has 0 amide bonds. The highest BCUT2D eigenvalue weighted by Crippen LogP contribution is 2.31. The van der Waals surface area contributed by atoms with Crippen LogP contribution in [0.2, 0.25) is 5.15 Å². The second-order valence-corrected chi connectivity index (χ2v) is 6.50. The van der Waals surface area contributed by atoms with Crippen LogP contribution in [0, 0.1) is 0 Å². The monoisotopic (exact) mass is 346 g/mol. The maximum absolute atomic E-state index is 12.6. The molecule has 3 rings (SSSR count). The zero-order valence-corrected chi connectivity index (χ0v) is 14.5. The molecule has 0 radical (unpaired) electrons. The molecule has 0 atom stereocenters. The number of aromatic nitrogens is 4. The van der Waals surface area contributed by atoms with Gasteiger partial charge in [0.05, 0.1) is 16.8 Å². The van der Waals surface area contributed by atoms with Gasteiger partial charge in [-0.25, -0.2) is 14.3 Å². The zero-order chi connectivity index (χ0) is 16.6. The molecule has 23 heavy (non-hydrogen) atoms. The summed E-state index contributed by atoms with van der Waals surface area (Å²) in [6.45, 7) is 4.08. The molecule has 0 aliphatic heterocycles. The Hall–Kier alpha value is -1.92. The second kappa shape index (κ2) is 6.29. The maximum atomic E-state index is 12.6. The molecule has 0 fully saturated rings. The van der Waals surface area contributed by atoms with Crippen LogP contribution in [0.1, 0.15) is 25.5 Å². The van der Waals surface area contributed by atoms with E-state index >= 15 is 0 Å². The van der Waals surface area contributed by atoms with Crippen molar-refractivity contribution in [3.8, 4) is 5.69 Å². The highest BCUT2D eigenvalue weighted by Gasteiger charge is 2.19. The minimum Gasteiger partial charge on any atom is -0.259 e. The fraction of sp³-hybridized carbons (Fsp3) is 0.250. The predicted molar refractivity (Wildman–Crippen MR) is 93.8 cm³/mol. The summed E-state index contributed by atoms with van der Waals surface area (Å²) in [5.41, 5.74) is 1.59. The van der Waals surface area contributed by atoms with Crippen LogP contribution in [0.25, 0.3) is 16.7 Å². The molecule has 0 bridgehead atoms. The van der Waals surface area contributed by atoms with E-state index in [1.165, 1.54) is 4.57 Å². The fourth-order valence-electron chi connectivity index (χ4n) is 2.49. The molecule has 5 nitrogen and oxygen atoms in total. The van der Waals surface area contributed by atoms with E-state index in [1.807, 2.05) is 26.2 Å². The van der Waals surface area contributed by atoms with Gasteiger partial charge in [-0.15, -0.1) is 11.8 Å². The van der Waals surface area contributed by atoms with Crippen LogP contribution in [-0.2, 0) is 0 Å². The maximum Gasteiger partial charge on any atom is 0.355 e. The molecule has 0 aromatic carbocycles. The summed E-state index contributed by atoms with van der Waals surface area (Å²) in [5.74, 6) is 0.151. The first-order chi connectivity index (χ1) is 11.0. The van der Waals surface area contributed by atoms with Crippen molar-refractivity contribution in [2.24, 2.45) is 0 Å². The van der Waals surface area contributed by atoms with Gasteiger partial charge in [-0.2, -0.15) is 4.98 Å². The van der Waals surface area contributed by atoms with Crippen LogP contribution in [-0.4, -0.2) is 25.8 Å². The molecular formula is C16H15ClN4OS. The Kier molecular flexibility index (Phi) is 4.37. The lowest BCUT2D eigenvalue weighted by molar-refractivity contribution is 0.783. The first-order valence-electron chi connectivity index (χ1n) is 7.11. The van der Waals surface area contributed by atoms with Crippen molar-refractivity contribution in [1.29, 1.82) is 0 Å². The lowest BCUT2D eigenvalue weighted by Crippen LogP contribution is -2.25. The van der Waals surface area contributed by atoms with Crippen LogP contribution < -0.4 is 5.69 Å². The number of rotatable bonds is 3. The fourth-order valence-corrected chi connectivity index (χ4v) is 3.29. The molecule has 3 aromatic heterocycles. The first kappa shape index (κ1) is 16.0. The Balaban J connectivity index is 2.50. The third kappa shape index (κ3) is 2.72. The quantitative estimate of drug-likeness (QED) is 0.535. The van der Waals surface area contributed by atoms with Crippen LogP contribution in [0.4, 0.5) is 0 Å².